The van der Waals surface area contributed by atoms with Crippen molar-refractivity contribution < 1.29 is 22.8 Å². The molecule has 3 aromatic rings. The summed E-state index contributed by atoms with van der Waals surface area (Å²) in [6.07, 6.45) is 0. The van der Waals surface area contributed by atoms with Crippen molar-refractivity contribution >= 4 is 5.91 Å². The minimum atomic E-state index is -0.666. The van der Waals surface area contributed by atoms with Gasteiger partial charge in [0.15, 0.2) is 11.5 Å². The quantitative estimate of drug-likeness (QED) is 0.655. The number of hydrogen-bond acceptors (Lipinski definition) is 5. The molecule has 0 unspecified atom stereocenters. The number of carbonyl (C=O) groups excluding carboxylic acids is 1. The van der Waals surface area contributed by atoms with Crippen molar-refractivity contribution in [3.8, 4) is 17.1 Å². The molecule has 8 heteroatoms. The summed E-state index contributed by atoms with van der Waals surface area (Å²) in [5.74, 6) is -0.633. The maximum Gasteiger partial charge on any atom is 0.273 e. The zero-order valence-corrected chi connectivity index (χ0v) is 16.3. The van der Waals surface area contributed by atoms with Crippen LogP contribution in [0.3, 0.4) is 0 Å². The van der Waals surface area contributed by atoms with Gasteiger partial charge in [0.2, 0.25) is 0 Å². The lowest BCUT2D eigenvalue weighted by Gasteiger charge is -2.25. The molecule has 0 aliphatic carbocycles. The summed E-state index contributed by atoms with van der Waals surface area (Å²) >= 11 is 0. The fourth-order valence-electron chi connectivity index (χ4n) is 2.90. The molecule has 0 fully saturated rings. The minimum Gasteiger partial charge on any atom is -0.497 e. The lowest BCUT2D eigenvalue weighted by Crippen LogP contribution is -2.35. The van der Waals surface area contributed by atoms with Gasteiger partial charge in [0.05, 0.1) is 13.2 Å². The van der Waals surface area contributed by atoms with E-state index >= 15 is 0 Å². The van der Waals surface area contributed by atoms with Gasteiger partial charge in [-0.05, 0) is 44.4 Å². The van der Waals surface area contributed by atoms with Crippen LogP contribution < -0.4 is 10.1 Å². The Bertz CT molecular complexity index is 987. The third-order valence-corrected chi connectivity index (χ3v) is 4.52. The molecule has 0 aliphatic heterocycles. The van der Waals surface area contributed by atoms with E-state index in [-0.39, 0.29) is 17.8 Å². The Hall–Kier alpha value is -3.26. The molecule has 1 aromatic heterocycles. The fourth-order valence-corrected chi connectivity index (χ4v) is 2.90. The van der Waals surface area contributed by atoms with E-state index in [0.29, 0.717) is 11.5 Å². The van der Waals surface area contributed by atoms with Crippen LogP contribution in [0.4, 0.5) is 8.78 Å². The van der Waals surface area contributed by atoms with E-state index in [1.165, 1.54) is 18.2 Å². The molecule has 0 saturated heterocycles. The molecule has 29 heavy (non-hydrogen) atoms. The smallest absolute Gasteiger partial charge is 0.273 e. The van der Waals surface area contributed by atoms with Crippen LogP contribution in [0.5, 0.6) is 5.75 Å². The second-order valence-electron chi connectivity index (χ2n) is 6.66. The van der Waals surface area contributed by atoms with Gasteiger partial charge in [0.25, 0.3) is 5.91 Å². The number of benzene rings is 2. The van der Waals surface area contributed by atoms with Crippen LogP contribution in [0.15, 0.2) is 53.1 Å². The molecule has 0 aliphatic rings. The van der Waals surface area contributed by atoms with Gasteiger partial charge in [-0.3, -0.25) is 4.79 Å². The number of hydrogen-bond donors (Lipinski definition) is 1. The highest BCUT2D eigenvalue weighted by Gasteiger charge is 2.21. The standard InChI is InChI=1S/C21H21F2N3O3/c1-26(2)19(16-9-6-14(22)10-17(16)23)12-24-21(27)18-11-20(29-25-18)13-4-7-15(28-3)8-5-13/h4-11,19H,12H2,1-3H3,(H,24,27)/t19-/m1/s1. The molecule has 0 spiro atoms. The first-order valence-corrected chi connectivity index (χ1v) is 8.89. The second kappa shape index (κ2) is 8.83. The van der Waals surface area contributed by atoms with Gasteiger partial charge in [0, 0.05) is 29.8 Å². The van der Waals surface area contributed by atoms with Crippen LogP contribution >= 0.6 is 0 Å². The molecule has 0 saturated carbocycles. The molecule has 2 aromatic carbocycles. The van der Waals surface area contributed by atoms with Crippen molar-refractivity contribution in [1.29, 1.82) is 0 Å². The summed E-state index contributed by atoms with van der Waals surface area (Å²) in [6, 6.07) is 11.6. The van der Waals surface area contributed by atoms with Crippen molar-refractivity contribution in [2.24, 2.45) is 0 Å². The topological polar surface area (TPSA) is 67.6 Å². The maximum atomic E-state index is 14.1. The first-order valence-electron chi connectivity index (χ1n) is 8.89. The average molecular weight is 401 g/mol. The predicted octanol–water partition coefficient (Wildman–Crippen LogP) is 3.66. The van der Waals surface area contributed by atoms with Crippen LogP contribution in [-0.2, 0) is 0 Å². The van der Waals surface area contributed by atoms with Crippen molar-refractivity contribution in [2.45, 2.75) is 6.04 Å². The minimum absolute atomic E-state index is 0.105. The molecule has 3 rings (SSSR count). The highest BCUT2D eigenvalue weighted by atomic mass is 19.1. The number of likely N-dealkylation sites (N-methyl/N-ethyl adjacent to an activating group) is 1. The number of ether oxygens (including phenoxy) is 1. The van der Waals surface area contributed by atoms with Crippen LogP contribution in [0.25, 0.3) is 11.3 Å². The molecule has 0 radical (unpaired) electrons. The number of halogens is 2. The van der Waals surface area contributed by atoms with Crippen LogP contribution in [0.1, 0.15) is 22.1 Å². The Balaban J connectivity index is 1.70. The zero-order valence-electron chi connectivity index (χ0n) is 16.3. The highest BCUT2D eigenvalue weighted by Crippen LogP contribution is 2.24. The third kappa shape index (κ3) is 4.78. The van der Waals surface area contributed by atoms with Gasteiger partial charge >= 0.3 is 0 Å². The number of carbonyl (C=O) groups is 1. The van der Waals surface area contributed by atoms with Crippen LogP contribution in [0, 0.1) is 11.6 Å². The number of amides is 1. The summed E-state index contributed by atoms with van der Waals surface area (Å²) in [4.78, 5) is 14.2. The number of aromatic nitrogens is 1. The van der Waals surface area contributed by atoms with Gasteiger partial charge in [-0.15, -0.1) is 0 Å². The van der Waals surface area contributed by atoms with Gasteiger partial charge in [-0.25, -0.2) is 8.78 Å². The predicted molar refractivity (Wildman–Crippen MR) is 104 cm³/mol. The summed E-state index contributed by atoms with van der Waals surface area (Å²) < 4.78 is 37.7. The SMILES string of the molecule is COc1ccc(-c2cc(C(=O)NC[C@H](c3ccc(F)cc3F)N(C)C)no2)cc1. The van der Waals surface area contributed by atoms with Crippen LogP contribution in [0.2, 0.25) is 0 Å². The van der Waals surface area contributed by atoms with Crippen molar-refractivity contribution in [1.82, 2.24) is 15.4 Å². The molecule has 152 valence electrons. The number of rotatable bonds is 7. The lowest BCUT2D eigenvalue weighted by atomic mass is 10.0. The lowest BCUT2D eigenvalue weighted by molar-refractivity contribution is 0.0932. The number of nitrogens with one attached hydrogen (secondary N) is 1. The summed E-state index contributed by atoms with van der Waals surface area (Å²) in [5.41, 5.74) is 1.14. The molecule has 1 amide bonds. The van der Waals surface area contributed by atoms with E-state index in [1.54, 1.807) is 50.4 Å². The molecule has 1 heterocycles. The average Bonchev–Trinajstić information content (AvgIpc) is 3.19. The van der Waals surface area contributed by atoms with Crippen molar-refractivity contribution in [2.75, 3.05) is 27.7 Å². The number of nitrogens with zero attached hydrogens (tertiary/aromatic N) is 2. The molecule has 6 nitrogen and oxygen atoms in total. The Morgan fingerprint density at radius 3 is 2.52 bits per heavy atom. The molecule has 1 N–H and O–H groups in total. The van der Waals surface area contributed by atoms with Crippen molar-refractivity contribution in [3.05, 3.63) is 71.4 Å². The molecular formula is C21H21F2N3O3. The largest absolute Gasteiger partial charge is 0.497 e. The van der Waals surface area contributed by atoms with E-state index in [9.17, 15) is 13.6 Å². The van der Waals surface area contributed by atoms with Gasteiger partial charge in [-0.1, -0.05) is 11.2 Å². The van der Waals surface area contributed by atoms with E-state index < -0.39 is 23.6 Å². The van der Waals surface area contributed by atoms with Crippen LogP contribution in [-0.4, -0.2) is 43.7 Å². The number of methoxy groups -OCH3 is 1. The van der Waals surface area contributed by atoms with Gasteiger partial charge in [0.1, 0.15) is 17.4 Å². The molecule has 1 atom stereocenters. The first kappa shape index (κ1) is 20.5. The summed E-state index contributed by atoms with van der Waals surface area (Å²) in [7, 11) is 5.07. The van der Waals surface area contributed by atoms with Crippen molar-refractivity contribution in [3.63, 3.8) is 0 Å². The fraction of sp³-hybridized carbons (Fsp3) is 0.238. The van der Waals surface area contributed by atoms with Gasteiger partial charge < -0.3 is 19.5 Å². The Morgan fingerprint density at radius 2 is 1.90 bits per heavy atom. The maximum absolute atomic E-state index is 14.1. The Morgan fingerprint density at radius 1 is 1.17 bits per heavy atom. The second-order valence-corrected chi connectivity index (χ2v) is 6.66. The van der Waals surface area contributed by atoms with E-state index in [0.717, 1.165) is 11.6 Å². The van der Waals surface area contributed by atoms with Gasteiger partial charge in [-0.2, -0.15) is 0 Å². The zero-order chi connectivity index (χ0) is 21.0. The van der Waals surface area contributed by atoms with E-state index in [1.807, 2.05) is 0 Å². The summed E-state index contributed by atoms with van der Waals surface area (Å²) in [5, 5.41) is 6.52. The molecule has 0 bridgehead atoms. The van der Waals surface area contributed by atoms with E-state index in [2.05, 4.69) is 10.5 Å². The normalized spacial score (nSPS) is 12.1. The Labute approximate surface area is 167 Å². The monoisotopic (exact) mass is 401 g/mol. The first-order chi connectivity index (χ1) is 13.9. The van der Waals surface area contributed by atoms with E-state index in [4.69, 9.17) is 9.26 Å². The third-order valence-electron chi connectivity index (χ3n) is 4.52. The Kier molecular flexibility index (Phi) is 6.23. The highest BCUT2D eigenvalue weighted by molar-refractivity contribution is 5.93. The molecular weight excluding hydrogens is 380 g/mol. The summed E-state index contributed by atoms with van der Waals surface area (Å²) in [6.45, 7) is 0.110.